The lowest BCUT2D eigenvalue weighted by Gasteiger charge is -2.19. The molecule has 0 aromatic heterocycles. The maximum absolute atomic E-state index is 6.07. The first kappa shape index (κ1) is 15.7. The molecule has 0 atom stereocenters. The minimum Gasteiger partial charge on any atom is -0.345 e. The van der Waals surface area contributed by atoms with Crippen molar-refractivity contribution in [1.29, 1.82) is 0 Å². The van der Waals surface area contributed by atoms with Crippen molar-refractivity contribution in [3.63, 3.8) is 0 Å². The smallest absolute Gasteiger partial charge is 0.141 e. The number of nitrogens with zero attached hydrogens (tertiary/aromatic N) is 2. The van der Waals surface area contributed by atoms with E-state index < -0.39 is 0 Å². The van der Waals surface area contributed by atoms with Gasteiger partial charge in [0.2, 0.25) is 0 Å². The molecule has 5 heteroatoms. The summed E-state index contributed by atoms with van der Waals surface area (Å²) in [7, 11) is 1.96. The molecule has 1 aliphatic rings. The topological polar surface area (TPSA) is 6.48 Å². The van der Waals surface area contributed by atoms with Gasteiger partial charge in [0.05, 0.1) is 6.67 Å². The third-order valence-electron chi connectivity index (χ3n) is 2.45. The molecule has 0 unspecified atom stereocenters. The highest BCUT2D eigenvalue weighted by atomic mass is 127. The predicted octanol–water partition coefficient (Wildman–Crippen LogP) is 3.99. The van der Waals surface area contributed by atoms with Crippen molar-refractivity contribution in [3.8, 4) is 0 Å². The molecule has 90 valence electrons. The van der Waals surface area contributed by atoms with Crippen molar-refractivity contribution < 1.29 is 0 Å². The Balaban J connectivity index is 0.00000196. The van der Waals surface area contributed by atoms with Crippen LogP contribution in [0.25, 0.3) is 0 Å². The highest BCUT2D eigenvalue weighted by molar-refractivity contribution is 14.0. The Morgan fingerprint density at radius 2 is 1.80 bits per heavy atom. The fourth-order valence-corrected chi connectivity index (χ4v) is 2.02. The highest BCUT2D eigenvalue weighted by Crippen LogP contribution is 2.28. The van der Waals surface area contributed by atoms with Crippen LogP contribution in [-0.2, 0) is 0 Å². The zero-order valence-corrected chi connectivity index (χ0v) is 13.1. The van der Waals surface area contributed by atoms with Crippen LogP contribution < -0.4 is 0 Å². The molecule has 1 heterocycles. The number of unbranched alkanes of at least 4 members (excludes halogenated alkanes) is 3. The first-order valence-corrected chi connectivity index (χ1v) is 5.93. The van der Waals surface area contributed by atoms with Gasteiger partial charge in [0.25, 0.3) is 0 Å². The molecule has 0 saturated carbocycles. The molecule has 0 aromatic carbocycles. The monoisotopic (exact) mass is 364 g/mol. The second kappa shape index (κ2) is 7.85. The Kier molecular flexibility index (Phi) is 8.19. The molecule has 2 nitrogen and oxygen atoms in total. The van der Waals surface area contributed by atoms with Gasteiger partial charge in [0, 0.05) is 13.6 Å². The minimum atomic E-state index is 0. The molecular weight excluding hydrogens is 346 g/mol. The zero-order chi connectivity index (χ0) is 10.6. The van der Waals surface area contributed by atoms with E-state index in [1.165, 1.54) is 25.7 Å². The molecular formula is C10H19Cl2IN2. The molecule has 15 heavy (non-hydrogen) atoms. The van der Waals surface area contributed by atoms with Gasteiger partial charge in [-0.1, -0.05) is 49.4 Å². The lowest BCUT2D eigenvalue weighted by atomic mass is 10.2. The Morgan fingerprint density at radius 1 is 1.13 bits per heavy atom. The molecule has 0 fully saturated rings. The third-order valence-corrected chi connectivity index (χ3v) is 3.43. The number of hydrogen-bond acceptors (Lipinski definition) is 2. The zero-order valence-electron chi connectivity index (χ0n) is 9.30. The van der Waals surface area contributed by atoms with Crippen LogP contribution in [0.15, 0.2) is 10.3 Å². The van der Waals surface area contributed by atoms with Gasteiger partial charge >= 0.3 is 0 Å². The summed E-state index contributed by atoms with van der Waals surface area (Å²) in [6.07, 6.45) is 5.05. The van der Waals surface area contributed by atoms with Gasteiger partial charge < -0.3 is 9.80 Å². The van der Waals surface area contributed by atoms with E-state index in [1.54, 1.807) is 0 Å². The van der Waals surface area contributed by atoms with Crippen LogP contribution in [-0.4, -0.2) is 30.1 Å². The number of rotatable bonds is 5. The lowest BCUT2D eigenvalue weighted by molar-refractivity contribution is 0.284. The maximum atomic E-state index is 6.07. The summed E-state index contributed by atoms with van der Waals surface area (Å²) in [4.78, 5) is 4.09. The van der Waals surface area contributed by atoms with E-state index in [1.807, 2.05) is 11.9 Å². The highest BCUT2D eigenvalue weighted by Gasteiger charge is 2.22. The van der Waals surface area contributed by atoms with Crippen molar-refractivity contribution in [2.45, 2.75) is 32.6 Å². The summed E-state index contributed by atoms with van der Waals surface area (Å²) in [5.74, 6) is 0. The normalized spacial score (nSPS) is 16.0. The van der Waals surface area contributed by atoms with Crippen molar-refractivity contribution in [1.82, 2.24) is 9.80 Å². The van der Waals surface area contributed by atoms with Crippen LogP contribution in [0.4, 0.5) is 0 Å². The fraction of sp³-hybridized carbons (Fsp3) is 0.800. The molecule has 0 spiro atoms. The molecule has 1 rings (SSSR count). The van der Waals surface area contributed by atoms with E-state index in [0.29, 0.717) is 10.3 Å². The van der Waals surface area contributed by atoms with Gasteiger partial charge in [0.15, 0.2) is 0 Å². The van der Waals surface area contributed by atoms with E-state index in [9.17, 15) is 0 Å². The Morgan fingerprint density at radius 3 is 2.27 bits per heavy atom. The summed E-state index contributed by atoms with van der Waals surface area (Å²) in [6.45, 7) is 4.05. The predicted molar refractivity (Wildman–Crippen MR) is 77.6 cm³/mol. The third kappa shape index (κ3) is 4.57. The van der Waals surface area contributed by atoms with Gasteiger partial charge in [-0.05, 0) is 6.42 Å². The van der Waals surface area contributed by atoms with Crippen LogP contribution in [0.1, 0.15) is 32.6 Å². The average molecular weight is 365 g/mol. The van der Waals surface area contributed by atoms with Crippen molar-refractivity contribution in [2.24, 2.45) is 0 Å². The van der Waals surface area contributed by atoms with Crippen molar-refractivity contribution in [3.05, 3.63) is 10.3 Å². The largest absolute Gasteiger partial charge is 0.345 e. The van der Waals surface area contributed by atoms with E-state index in [2.05, 4.69) is 11.8 Å². The van der Waals surface area contributed by atoms with E-state index in [4.69, 9.17) is 23.2 Å². The van der Waals surface area contributed by atoms with E-state index >= 15 is 0 Å². The van der Waals surface area contributed by atoms with E-state index in [0.717, 1.165) is 13.2 Å². The molecule has 0 radical (unpaired) electrons. The summed E-state index contributed by atoms with van der Waals surface area (Å²) in [5.41, 5.74) is 0. The number of hydrogen-bond donors (Lipinski definition) is 0. The van der Waals surface area contributed by atoms with Crippen LogP contribution in [0.5, 0.6) is 0 Å². The molecule has 0 N–H and O–H groups in total. The Labute approximate surface area is 120 Å². The average Bonchev–Trinajstić information content (AvgIpc) is 2.41. The molecule has 0 saturated heterocycles. The standard InChI is InChI=1S/C10H18Cl2N2.HI/c1-3-4-5-6-7-14-8-13(2)9(11)10(14)12;/h3-8H2,1-2H3;1H. The van der Waals surface area contributed by atoms with Gasteiger partial charge in [0.1, 0.15) is 10.3 Å². The van der Waals surface area contributed by atoms with Crippen LogP contribution in [0.2, 0.25) is 0 Å². The molecule has 1 aliphatic heterocycles. The Hall–Kier alpha value is 0.650. The van der Waals surface area contributed by atoms with Crippen LogP contribution >= 0.6 is 47.2 Å². The fourth-order valence-electron chi connectivity index (χ4n) is 1.57. The Bertz CT molecular complexity index is 221. The quantitative estimate of drug-likeness (QED) is 0.413. The van der Waals surface area contributed by atoms with E-state index in [-0.39, 0.29) is 24.0 Å². The first-order chi connectivity index (χ1) is 6.66. The second-order valence-corrected chi connectivity index (χ2v) is 4.46. The summed E-state index contributed by atoms with van der Waals surface area (Å²) < 4.78 is 0. The summed E-state index contributed by atoms with van der Waals surface area (Å²) >= 11 is 12.0. The minimum absolute atomic E-state index is 0. The molecule has 0 aliphatic carbocycles. The summed E-state index contributed by atoms with van der Waals surface area (Å²) in [5, 5.41) is 1.37. The SMILES string of the molecule is CCCCCCN1CN(C)C(Cl)=C1Cl.I. The van der Waals surface area contributed by atoms with Crippen LogP contribution in [0, 0.1) is 0 Å². The van der Waals surface area contributed by atoms with Gasteiger partial charge in [-0.2, -0.15) is 0 Å². The van der Waals surface area contributed by atoms with Crippen molar-refractivity contribution >= 4 is 47.2 Å². The molecule has 0 aromatic rings. The van der Waals surface area contributed by atoms with Crippen LogP contribution in [0.3, 0.4) is 0 Å². The second-order valence-electron chi connectivity index (χ2n) is 3.75. The summed E-state index contributed by atoms with van der Waals surface area (Å²) in [6, 6.07) is 0. The number of halogens is 3. The first-order valence-electron chi connectivity index (χ1n) is 5.18. The molecule has 0 amide bonds. The van der Waals surface area contributed by atoms with Gasteiger partial charge in [-0.15, -0.1) is 24.0 Å². The molecule has 0 bridgehead atoms. The van der Waals surface area contributed by atoms with Gasteiger partial charge in [-0.3, -0.25) is 0 Å². The van der Waals surface area contributed by atoms with Gasteiger partial charge in [-0.25, -0.2) is 0 Å². The lowest BCUT2D eigenvalue weighted by Crippen LogP contribution is -2.25. The van der Waals surface area contributed by atoms with Crippen molar-refractivity contribution in [2.75, 3.05) is 20.3 Å². The maximum Gasteiger partial charge on any atom is 0.141 e.